The number of carbonyl (C=O) groups excluding carboxylic acids is 3. The van der Waals surface area contributed by atoms with Crippen LogP contribution in [0.2, 0.25) is 0 Å². The molecule has 2 aromatic rings. The second-order valence-corrected chi connectivity index (χ2v) is 12.5. The molecule has 1 fully saturated rings. The van der Waals surface area contributed by atoms with Crippen LogP contribution in [0.4, 0.5) is 0 Å². The molecule has 3 aliphatic rings. The molecule has 0 spiro atoms. The van der Waals surface area contributed by atoms with Crippen LogP contribution >= 0.6 is 0 Å². The van der Waals surface area contributed by atoms with Crippen molar-refractivity contribution in [1.82, 2.24) is 0 Å². The van der Waals surface area contributed by atoms with Gasteiger partial charge in [-0.15, -0.1) is 0 Å². The molecule has 6 atom stereocenters. The Morgan fingerprint density at radius 3 is 2.19 bits per heavy atom. The van der Waals surface area contributed by atoms with E-state index in [4.69, 9.17) is 0 Å². The van der Waals surface area contributed by atoms with Crippen molar-refractivity contribution in [3.05, 3.63) is 70.3 Å². The first-order valence-corrected chi connectivity index (χ1v) is 13.3. The number of Topliss-reactive ketones (excluding diaryl/α,β-unsaturated/α-hetero) is 3. The van der Waals surface area contributed by atoms with Gasteiger partial charge in [-0.2, -0.15) is 0 Å². The van der Waals surface area contributed by atoms with Gasteiger partial charge in [-0.1, -0.05) is 75.7 Å². The van der Waals surface area contributed by atoms with Crippen molar-refractivity contribution < 1.29 is 14.4 Å². The van der Waals surface area contributed by atoms with Crippen LogP contribution in [0.5, 0.6) is 0 Å². The van der Waals surface area contributed by atoms with E-state index in [1.54, 1.807) is 6.92 Å². The summed E-state index contributed by atoms with van der Waals surface area (Å²) in [5.41, 5.74) is 5.28. The van der Waals surface area contributed by atoms with Crippen molar-refractivity contribution in [2.75, 3.05) is 0 Å². The molecular formula is C33H38O3. The van der Waals surface area contributed by atoms with E-state index in [9.17, 15) is 14.4 Å². The molecule has 3 nitrogen and oxygen atoms in total. The first-order valence-electron chi connectivity index (χ1n) is 13.3. The summed E-state index contributed by atoms with van der Waals surface area (Å²) in [6.07, 6.45) is 1.55. The Morgan fingerprint density at radius 1 is 0.944 bits per heavy atom. The minimum atomic E-state index is -0.831. The van der Waals surface area contributed by atoms with Gasteiger partial charge in [-0.05, 0) is 80.0 Å². The fourth-order valence-electron chi connectivity index (χ4n) is 8.54. The van der Waals surface area contributed by atoms with Gasteiger partial charge in [0.2, 0.25) is 0 Å². The van der Waals surface area contributed by atoms with Crippen molar-refractivity contribution in [2.45, 2.75) is 74.1 Å². The topological polar surface area (TPSA) is 51.2 Å². The normalized spacial score (nSPS) is 35.7. The molecule has 0 amide bonds. The number of benzene rings is 2. The monoisotopic (exact) mass is 482 g/mol. The molecule has 0 radical (unpaired) electrons. The van der Waals surface area contributed by atoms with E-state index in [1.807, 2.05) is 45.9 Å². The maximum Gasteiger partial charge on any atom is 0.190 e. The lowest BCUT2D eigenvalue weighted by Crippen LogP contribution is -2.61. The van der Waals surface area contributed by atoms with Gasteiger partial charge in [0.05, 0.1) is 11.3 Å². The summed E-state index contributed by atoms with van der Waals surface area (Å²) in [6, 6.07) is 14.5. The van der Waals surface area contributed by atoms with Crippen LogP contribution in [0.25, 0.3) is 11.1 Å². The largest absolute Gasteiger partial charge is 0.299 e. The summed E-state index contributed by atoms with van der Waals surface area (Å²) in [5, 5.41) is 0. The summed E-state index contributed by atoms with van der Waals surface area (Å²) in [6.45, 7) is 16.4. The van der Waals surface area contributed by atoms with Crippen molar-refractivity contribution in [2.24, 2.45) is 28.1 Å². The number of hydrogen-bond acceptors (Lipinski definition) is 3. The standard InChI is InChI=1S/C33H38O3/c1-18-14-15-24(23-12-10-9-11-13-23)27-20(3)32(7)17-31(6)16-19(2)25(22(5)34)30(36)33(31,8)21(4)28(32)29(35)26(18)27/h9-15,19-20,25H,16-17H2,1-8H3. The van der Waals surface area contributed by atoms with Gasteiger partial charge in [-0.3, -0.25) is 14.4 Å². The molecule has 0 aliphatic heterocycles. The molecule has 0 aromatic heterocycles. The van der Waals surface area contributed by atoms with Crippen LogP contribution in [0.15, 0.2) is 53.6 Å². The van der Waals surface area contributed by atoms with E-state index < -0.39 is 16.7 Å². The molecule has 6 unspecified atom stereocenters. The molecule has 5 rings (SSSR count). The highest BCUT2D eigenvalue weighted by atomic mass is 16.2. The first-order chi connectivity index (χ1) is 16.8. The van der Waals surface area contributed by atoms with Gasteiger partial charge in [-0.25, -0.2) is 0 Å². The third kappa shape index (κ3) is 2.95. The molecule has 3 heteroatoms. The van der Waals surface area contributed by atoms with Gasteiger partial charge in [0, 0.05) is 16.6 Å². The molecule has 36 heavy (non-hydrogen) atoms. The highest BCUT2D eigenvalue weighted by Gasteiger charge is 2.66. The first kappa shape index (κ1) is 24.9. The zero-order valence-electron chi connectivity index (χ0n) is 22.9. The summed E-state index contributed by atoms with van der Waals surface area (Å²) < 4.78 is 0. The number of hydrogen-bond donors (Lipinski definition) is 0. The van der Waals surface area contributed by atoms with Gasteiger partial charge in [0.25, 0.3) is 0 Å². The van der Waals surface area contributed by atoms with E-state index in [1.165, 1.54) is 0 Å². The average Bonchev–Trinajstić information content (AvgIpc) is 2.80. The Hall–Kier alpha value is -2.81. The van der Waals surface area contributed by atoms with Crippen molar-refractivity contribution in [1.29, 1.82) is 0 Å². The third-order valence-electron chi connectivity index (χ3n) is 10.6. The van der Waals surface area contributed by atoms with E-state index in [0.29, 0.717) is 0 Å². The van der Waals surface area contributed by atoms with Crippen molar-refractivity contribution in [3.8, 4) is 11.1 Å². The van der Waals surface area contributed by atoms with E-state index in [-0.39, 0.29) is 34.6 Å². The Balaban J connectivity index is 1.81. The minimum Gasteiger partial charge on any atom is -0.299 e. The van der Waals surface area contributed by atoms with Crippen molar-refractivity contribution >= 4 is 17.3 Å². The number of ketones is 3. The van der Waals surface area contributed by atoms with E-state index in [2.05, 4.69) is 45.0 Å². The predicted molar refractivity (Wildman–Crippen MR) is 144 cm³/mol. The highest BCUT2D eigenvalue weighted by Crippen LogP contribution is 2.69. The summed E-state index contributed by atoms with van der Waals surface area (Å²) in [5.74, 6) is -0.494. The lowest BCUT2D eigenvalue weighted by atomic mass is 9.39. The quantitative estimate of drug-likeness (QED) is 0.416. The van der Waals surface area contributed by atoms with Crippen LogP contribution in [0.1, 0.15) is 88.7 Å². The molecule has 0 heterocycles. The molecule has 2 aromatic carbocycles. The Morgan fingerprint density at radius 2 is 1.58 bits per heavy atom. The van der Waals surface area contributed by atoms with Gasteiger partial charge < -0.3 is 0 Å². The second-order valence-electron chi connectivity index (χ2n) is 12.5. The zero-order valence-corrected chi connectivity index (χ0v) is 22.9. The Kier molecular flexibility index (Phi) is 5.42. The molecule has 1 saturated carbocycles. The fourth-order valence-corrected chi connectivity index (χ4v) is 8.54. The fraction of sp³-hybridized carbons (Fsp3) is 0.485. The predicted octanol–water partition coefficient (Wildman–Crippen LogP) is 7.52. The zero-order chi connectivity index (χ0) is 26.4. The number of aryl methyl sites for hydroxylation is 1. The second kappa shape index (κ2) is 7.84. The lowest BCUT2D eigenvalue weighted by molar-refractivity contribution is -0.154. The summed E-state index contributed by atoms with van der Waals surface area (Å²) >= 11 is 0. The van der Waals surface area contributed by atoms with E-state index in [0.717, 1.165) is 51.8 Å². The molecule has 0 N–H and O–H groups in total. The van der Waals surface area contributed by atoms with Crippen LogP contribution < -0.4 is 0 Å². The minimum absolute atomic E-state index is 0.00399. The third-order valence-corrected chi connectivity index (χ3v) is 10.6. The Bertz CT molecular complexity index is 1350. The lowest BCUT2D eigenvalue weighted by Gasteiger charge is -2.62. The van der Waals surface area contributed by atoms with Gasteiger partial charge in [0.15, 0.2) is 11.6 Å². The molecular weight excluding hydrogens is 444 g/mol. The molecule has 0 saturated heterocycles. The molecule has 0 bridgehead atoms. The van der Waals surface area contributed by atoms with Crippen LogP contribution in [0.3, 0.4) is 0 Å². The van der Waals surface area contributed by atoms with Gasteiger partial charge >= 0.3 is 0 Å². The number of fused-ring (bicyclic) bond motifs is 3. The van der Waals surface area contributed by atoms with Gasteiger partial charge in [0.1, 0.15) is 5.78 Å². The summed E-state index contributed by atoms with van der Waals surface area (Å²) in [7, 11) is 0. The van der Waals surface area contributed by atoms with Crippen molar-refractivity contribution in [3.63, 3.8) is 0 Å². The SMILES string of the molecule is CC(=O)C1C(=O)C2(C)C(C)=C3C(=O)c4c(C)ccc(-c5ccccc5)c4C(C)C3(C)CC2(C)CC1C. The highest BCUT2D eigenvalue weighted by molar-refractivity contribution is 6.16. The number of carbonyl (C=O) groups is 3. The number of allylic oxidation sites excluding steroid dienone is 2. The van der Waals surface area contributed by atoms with Crippen LogP contribution in [0, 0.1) is 35.0 Å². The average molecular weight is 483 g/mol. The molecule has 188 valence electrons. The van der Waals surface area contributed by atoms with Crippen LogP contribution in [-0.4, -0.2) is 17.3 Å². The van der Waals surface area contributed by atoms with E-state index >= 15 is 0 Å². The maximum atomic E-state index is 14.5. The molecule has 3 aliphatic carbocycles. The summed E-state index contributed by atoms with van der Waals surface area (Å²) in [4.78, 5) is 41.2. The Labute approximate surface area is 215 Å². The van der Waals surface area contributed by atoms with Crippen LogP contribution in [-0.2, 0) is 9.59 Å². The maximum absolute atomic E-state index is 14.5. The smallest absolute Gasteiger partial charge is 0.190 e. The number of rotatable bonds is 2.